The summed E-state index contributed by atoms with van der Waals surface area (Å²) in [5.41, 5.74) is 0.838. The Morgan fingerprint density at radius 1 is 1.21 bits per heavy atom. The van der Waals surface area contributed by atoms with Crippen LogP contribution in [0.5, 0.6) is 0 Å². The van der Waals surface area contributed by atoms with Crippen LogP contribution >= 0.6 is 0 Å². The first kappa shape index (κ1) is 30.5. The summed E-state index contributed by atoms with van der Waals surface area (Å²) < 4.78 is 17.8. The van der Waals surface area contributed by atoms with E-state index in [9.17, 15) is 19.5 Å². The van der Waals surface area contributed by atoms with E-state index in [-0.39, 0.29) is 61.1 Å². The number of carbonyl (C=O) groups is 3. The Morgan fingerprint density at radius 3 is 2.47 bits per heavy atom. The minimum absolute atomic E-state index is 0.00239. The quantitative estimate of drug-likeness (QED) is 0.227. The second kappa shape index (κ2) is 12.9. The molecule has 0 aromatic carbocycles. The second-order valence-electron chi connectivity index (χ2n) is 11.6. The Balaban J connectivity index is 1.49. The largest absolute Gasteiger partial charge is 0.391 e. The van der Waals surface area contributed by atoms with Gasteiger partial charge in [-0.1, -0.05) is 39.0 Å². The van der Waals surface area contributed by atoms with Crippen LogP contribution in [0.3, 0.4) is 0 Å². The monoisotopic (exact) mass is 535 g/mol. The molecule has 214 valence electrons. The lowest BCUT2D eigenvalue weighted by atomic mass is 9.85. The van der Waals surface area contributed by atoms with Gasteiger partial charge in [-0.15, -0.1) is 5.06 Å². The van der Waals surface area contributed by atoms with Gasteiger partial charge in [0.2, 0.25) is 0 Å². The van der Waals surface area contributed by atoms with E-state index in [0.717, 1.165) is 18.4 Å². The molecular weight excluding hydrogens is 490 g/mol. The van der Waals surface area contributed by atoms with Gasteiger partial charge < -0.3 is 24.2 Å². The summed E-state index contributed by atoms with van der Waals surface area (Å²) >= 11 is 0. The van der Waals surface area contributed by atoms with Gasteiger partial charge in [-0.05, 0) is 57.4 Å². The van der Waals surface area contributed by atoms with E-state index in [1.54, 1.807) is 14.0 Å². The number of carbonyl (C=O) groups excluding carboxylic acids is 3. The van der Waals surface area contributed by atoms with Crippen LogP contribution in [0.15, 0.2) is 23.8 Å². The van der Waals surface area contributed by atoms with Crippen molar-refractivity contribution < 1.29 is 38.5 Å². The number of amides is 2. The van der Waals surface area contributed by atoms with Crippen LogP contribution in [0, 0.1) is 17.8 Å². The van der Waals surface area contributed by atoms with E-state index >= 15 is 0 Å². The van der Waals surface area contributed by atoms with Crippen LogP contribution in [-0.2, 0) is 33.4 Å². The molecule has 3 aliphatic rings. The number of aliphatic hydroxyl groups excluding tert-OH is 1. The van der Waals surface area contributed by atoms with Gasteiger partial charge >= 0.3 is 5.97 Å². The van der Waals surface area contributed by atoms with E-state index in [1.807, 2.05) is 6.92 Å². The average molecular weight is 536 g/mol. The predicted octanol–water partition coefficient (Wildman–Crippen LogP) is 3.89. The van der Waals surface area contributed by atoms with Crippen molar-refractivity contribution in [1.29, 1.82) is 0 Å². The standard InChI is InChI=1S/C29H45NO8/c1-17(16-29(6)28(37-29)20(4)27(35-7)21(5)31)9-8-10-18(2)26-19(3)11-12-22(36-26)15-25(34)38-30-23(32)13-14-24(30)33/h8-10,17,19-22,26-28,31H,11-16H2,1-7H3/b9-8+,18-10+/t17?,19-,20?,21?,22+,26+,27?,28+,29+/m0/s1. The van der Waals surface area contributed by atoms with Gasteiger partial charge in [-0.2, -0.15) is 0 Å². The van der Waals surface area contributed by atoms with Crippen LogP contribution in [0.25, 0.3) is 0 Å². The van der Waals surface area contributed by atoms with E-state index in [1.165, 1.54) is 0 Å². The highest BCUT2D eigenvalue weighted by molar-refractivity contribution is 6.01. The lowest BCUT2D eigenvalue weighted by Gasteiger charge is -2.35. The number of allylic oxidation sites excluding steroid dienone is 3. The highest BCUT2D eigenvalue weighted by Crippen LogP contribution is 2.47. The van der Waals surface area contributed by atoms with Gasteiger partial charge in [0.05, 0.1) is 42.5 Å². The number of hydroxylamine groups is 2. The molecule has 9 atom stereocenters. The number of methoxy groups -OCH3 is 1. The Labute approximate surface area is 226 Å². The zero-order valence-corrected chi connectivity index (χ0v) is 23.8. The molecule has 38 heavy (non-hydrogen) atoms. The molecule has 0 bridgehead atoms. The number of hydrogen-bond donors (Lipinski definition) is 1. The smallest absolute Gasteiger partial charge is 0.335 e. The Hall–Kier alpha value is -2.07. The lowest BCUT2D eigenvalue weighted by Crippen LogP contribution is -2.38. The third-order valence-electron chi connectivity index (χ3n) is 8.05. The molecule has 0 spiro atoms. The van der Waals surface area contributed by atoms with Gasteiger partial charge in [-0.25, -0.2) is 4.79 Å². The molecule has 2 amide bonds. The zero-order chi connectivity index (χ0) is 28.2. The second-order valence-corrected chi connectivity index (χ2v) is 11.6. The predicted molar refractivity (Wildman–Crippen MR) is 140 cm³/mol. The molecule has 3 aliphatic heterocycles. The van der Waals surface area contributed by atoms with Crippen molar-refractivity contribution in [2.75, 3.05) is 7.11 Å². The van der Waals surface area contributed by atoms with E-state index in [4.69, 9.17) is 19.0 Å². The van der Waals surface area contributed by atoms with Crippen molar-refractivity contribution in [3.8, 4) is 0 Å². The van der Waals surface area contributed by atoms with Gasteiger partial charge in [0.15, 0.2) is 0 Å². The molecule has 4 unspecified atom stereocenters. The number of rotatable bonds is 12. The van der Waals surface area contributed by atoms with Crippen molar-refractivity contribution in [3.05, 3.63) is 23.8 Å². The topological polar surface area (TPSA) is 115 Å². The molecule has 3 saturated heterocycles. The fourth-order valence-corrected chi connectivity index (χ4v) is 6.00. The molecule has 3 rings (SSSR count). The number of epoxide rings is 1. The molecule has 9 heteroatoms. The first-order valence-corrected chi connectivity index (χ1v) is 13.8. The van der Waals surface area contributed by atoms with Crippen LogP contribution in [0.4, 0.5) is 0 Å². The highest BCUT2D eigenvalue weighted by atomic mass is 16.7. The number of ether oxygens (including phenoxy) is 3. The molecular formula is C29H45NO8. The van der Waals surface area contributed by atoms with Crippen molar-refractivity contribution in [2.45, 2.75) is 116 Å². The number of nitrogens with zero attached hydrogens (tertiary/aromatic N) is 1. The molecule has 0 aromatic rings. The maximum atomic E-state index is 12.3. The third-order valence-corrected chi connectivity index (χ3v) is 8.05. The fourth-order valence-electron chi connectivity index (χ4n) is 6.00. The minimum atomic E-state index is -0.629. The van der Waals surface area contributed by atoms with Gasteiger partial charge in [0.1, 0.15) is 0 Å². The summed E-state index contributed by atoms with van der Waals surface area (Å²) in [6, 6.07) is 0. The molecule has 0 radical (unpaired) electrons. The fraction of sp³-hybridized carbons (Fsp3) is 0.759. The van der Waals surface area contributed by atoms with Crippen LogP contribution < -0.4 is 0 Å². The molecule has 1 N–H and O–H groups in total. The maximum absolute atomic E-state index is 12.3. The number of aliphatic hydroxyl groups is 1. The normalized spacial score (nSPS) is 33.4. The summed E-state index contributed by atoms with van der Waals surface area (Å²) in [5, 5.41) is 10.6. The molecule has 0 saturated carbocycles. The number of imide groups is 1. The maximum Gasteiger partial charge on any atom is 0.335 e. The van der Waals surface area contributed by atoms with Crippen LogP contribution in [0.1, 0.15) is 80.1 Å². The lowest BCUT2D eigenvalue weighted by molar-refractivity contribution is -0.200. The average Bonchev–Trinajstić information content (AvgIpc) is 3.41. The first-order chi connectivity index (χ1) is 17.9. The Morgan fingerprint density at radius 2 is 1.87 bits per heavy atom. The Bertz CT molecular complexity index is 914. The highest BCUT2D eigenvalue weighted by Gasteiger charge is 2.56. The summed E-state index contributed by atoms with van der Waals surface area (Å²) in [5.74, 6) is -0.909. The molecule has 9 nitrogen and oxygen atoms in total. The summed E-state index contributed by atoms with van der Waals surface area (Å²) in [4.78, 5) is 40.7. The molecule has 3 fully saturated rings. The zero-order valence-electron chi connectivity index (χ0n) is 23.8. The third kappa shape index (κ3) is 7.52. The van der Waals surface area contributed by atoms with Gasteiger partial charge in [0, 0.05) is 25.9 Å². The SMILES string of the molecule is COC(C(C)O)C(C)[C@H]1O[C@]1(C)CC(C)/C=C/C=C(\C)[C@H]1O[C@@H](CC(=O)ON2C(=O)CCC2=O)CC[C@@H]1C. The van der Waals surface area contributed by atoms with Crippen molar-refractivity contribution in [2.24, 2.45) is 17.8 Å². The molecule has 3 heterocycles. The number of hydrogen-bond acceptors (Lipinski definition) is 8. The first-order valence-electron chi connectivity index (χ1n) is 13.8. The van der Waals surface area contributed by atoms with Crippen molar-refractivity contribution >= 4 is 17.8 Å². The minimum Gasteiger partial charge on any atom is -0.391 e. The summed E-state index contributed by atoms with van der Waals surface area (Å²) in [6.07, 6.45) is 7.69. The van der Waals surface area contributed by atoms with Gasteiger partial charge in [-0.3, -0.25) is 9.59 Å². The Kier molecular flexibility index (Phi) is 10.3. The van der Waals surface area contributed by atoms with E-state index in [2.05, 4.69) is 45.9 Å². The van der Waals surface area contributed by atoms with Crippen molar-refractivity contribution in [3.63, 3.8) is 0 Å². The van der Waals surface area contributed by atoms with E-state index in [0.29, 0.717) is 17.4 Å². The summed E-state index contributed by atoms with van der Waals surface area (Å²) in [6.45, 7) is 12.3. The van der Waals surface area contributed by atoms with Crippen LogP contribution in [-0.4, -0.2) is 71.2 Å². The molecule has 0 aliphatic carbocycles. The van der Waals surface area contributed by atoms with Gasteiger partial charge in [0.25, 0.3) is 11.8 Å². The van der Waals surface area contributed by atoms with Crippen LogP contribution in [0.2, 0.25) is 0 Å². The molecule has 0 aromatic heterocycles. The van der Waals surface area contributed by atoms with E-state index < -0.39 is 23.9 Å². The van der Waals surface area contributed by atoms with Crippen molar-refractivity contribution in [1.82, 2.24) is 5.06 Å². The summed E-state index contributed by atoms with van der Waals surface area (Å²) in [7, 11) is 1.62.